The minimum absolute atomic E-state index is 0.0117. The molecule has 2 aromatic rings. The Labute approximate surface area is 180 Å². The molecule has 1 heterocycles. The minimum Gasteiger partial charge on any atom is -0.376 e. The fourth-order valence-corrected chi connectivity index (χ4v) is 3.87. The minimum atomic E-state index is -4.93. The van der Waals surface area contributed by atoms with E-state index in [1.54, 1.807) is 12.1 Å². The molecule has 10 heteroatoms. The van der Waals surface area contributed by atoms with Crippen LogP contribution in [0.5, 0.6) is 0 Å². The van der Waals surface area contributed by atoms with Crippen molar-refractivity contribution in [2.45, 2.75) is 31.3 Å². The molecule has 0 N–H and O–H groups in total. The first kappa shape index (κ1) is 23.9. The standard InChI is InChI=1S/C22H19F7N2O/c23-19-3-1-15(2-4-19)20-5-6-31(13-30)10-16(20)12-32-11-14-7-17(21(24,25)26)9-18(8-14)22(27,28)29/h1-4,7-9,16,20H,5-6,10-12H2/t16-,20-/m0/s1. The van der Waals surface area contributed by atoms with Crippen LogP contribution in [-0.4, -0.2) is 24.6 Å². The summed E-state index contributed by atoms with van der Waals surface area (Å²) < 4.78 is 96.9. The molecule has 2 atom stereocenters. The SMILES string of the molecule is N#CN1CC[C@@H](c2ccc(F)cc2)[C@H](COCc2cc(C(F)(F)F)cc(C(F)(F)F)c2)C1. The van der Waals surface area contributed by atoms with Crippen molar-refractivity contribution < 1.29 is 35.5 Å². The molecule has 0 radical (unpaired) electrons. The van der Waals surface area contributed by atoms with Gasteiger partial charge in [0.25, 0.3) is 0 Å². The van der Waals surface area contributed by atoms with Crippen molar-refractivity contribution in [3.8, 4) is 6.19 Å². The largest absolute Gasteiger partial charge is 0.416 e. The molecule has 0 bridgehead atoms. The number of hydrogen-bond donors (Lipinski definition) is 0. The first-order valence-electron chi connectivity index (χ1n) is 9.73. The molecule has 1 aliphatic heterocycles. The Morgan fingerprint density at radius 3 is 2.09 bits per heavy atom. The van der Waals surface area contributed by atoms with Gasteiger partial charge in [-0.1, -0.05) is 12.1 Å². The van der Waals surface area contributed by atoms with Gasteiger partial charge in [0.2, 0.25) is 0 Å². The van der Waals surface area contributed by atoms with Gasteiger partial charge in [-0.25, -0.2) is 4.39 Å². The summed E-state index contributed by atoms with van der Waals surface area (Å²) in [5, 5.41) is 9.19. The highest BCUT2D eigenvalue weighted by molar-refractivity contribution is 5.33. The summed E-state index contributed by atoms with van der Waals surface area (Å²) in [5.41, 5.74) is -2.22. The number of hydrogen-bond acceptors (Lipinski definition) is 3. The second kappa shape index (κ2) is 9.36. The van der Waals surface area contributed by atoms with Crippen LogP contribution in [0.15, 0.2) is 42.5 Å². The zero-order valence-electron chi connectivity index (χ0n) is 16.7. The Hall–Kier alpha value is -2.80. The summed E-state index contributed by atoms with van der Waals surface area (Å²) in [7, 11) is 0. The van der Waals surface area contributed by atoms with E-state index in [9.17, 15) is 36.0 Å². The van der Waals surface area contributed by atoms with E-state index < -0.39 is 35.9 Å². The van der Waals surface area contributed by atoms with Gasteiger partial charge in [0.1, 0.15) is 5.82 Å². The van der Waals surface area contributed by atoms with Gasteiger partial charge in [-0.2, -0.15) is 31.6 Å². The number of nitriles is 1. The molecule has 3 nitrogen and oxygen atoms in total. The molecule has 0 spiro atoms. The first-order valence-corrected chi connectivity index (χ1v) is 9.73. The predicted molar refractivity (Wildman–Crippen MR) is 101 cm³/mol. The van der Waals surface area contributed by atoms with Gasteiger partial charge in [0.15, 0.2) is 6.19 Å². The monoisotopic (exact) mass is 460 g/mol. The Bertz CT molecular complexity index is 932. The quantitative estimate of drug-likeness (QED) is 0.408. The molecule has 0 amide bonds. The van der Waals surface area contributed by atoms with E-state index >= 15 is 0 Å². The third-order valence-electron chi connectivity index (χ3n) is 5.42. The summed E-state index contributed by atoms with van der Waals surface area (Å²) in [6.45, 7) is 0.358. The second-order valence-corrected chi connectivity index (χ2v) is 7.68. The fraction of sp³-hybridized carbons (Fsp3) is 0.409. The number of halogens is 7. The van der Waals surface area contributed by atoms with E-state index in [1.165, 1.54) is 17.0 Å². The number of benzene rings is 2. The Balaban J connectivity index is 1.75. The predicted octanol–water partition coefficient (Wildman–Crippen LogP) is 5.97. The second-order valence-electron chi connectivity index (χ2n) is 7.68. The number of alkyl halides is 6. The summed E-state index contributed by atoms with van der Waals surface area (Å²) in [6, 6.07) is 7.20. The highest BCUT2D eigenvalue weighted by atomic mass is 19.4. The Morgan fingerprint density at radius 1 is 0.969 bits per heavy atom. The van der Waals surface area contributed by atoms with E-state index in [4.69, 9.17) is 4.74 Å². The van der Waals surface area contributed by atoms with Crippen LogP contribution in [0.25, 0.3) is 0 Å². The molecule has 0 saturated carbocycles. The van der Waals surface area contributed by atoms with Crippen LogP contribution >= 0.6 is 0 Å². The molecule has 0 unspecified atom stereocenters. The normalized spacial score (nSPS) is 19.6. The summed E-state index contributed by atoms with van der Waals surface area (Å²) in [5.74, 6) is -0.741. The van der Waals surface area contributed by atoms with Gasteiger partial charge < -0.3 is 9.64 Å². The zero-order chi connectivity index (χ0) is 23.5. The lowest BCUT2D eigenvalue weighted by molar-refractivity contribution is -0.143. The van der Waals surface area contributed by atoms with Crippen molar-refractivity contribution >= 4 is 0 Å². The van der Waals surface area contributed by atoms with Crippen LogP contribution in [0.2, 0.25) is 0 Å². The van der Waals surface area contributed by atoms with Gasteiger partial charge in [-0.3, -0.25) is 0 Å². The van der Waals surface area contributed by atoms with Crippen LogP contribution in [-0.2, 0) is 23.7 Å². The number of likely N-dealkylation sites (tertiary alicyclic amines) is 1. The van der Waals surface area contributed by atoms with Crippen LogP contribution in [0, 0.1) is 23.2 Å². The molecule has 172 valence electrons. The van der Waals surface area contributed by atoms with E-state index in [-0.39, 0.29) is 30.1 Å². The topological polar surface area (TPSA) is 36.3 Å². The molecule has 3 rings (SSSR count). The lowest BCUT2D eigenvalue weighted by Gasteiger charge is -2.36. The molecule has 0 aromatic heterocycles. The highest BCUT2D eigenvalue weighted by Crippen LogP contribution is 2.37. The third-order valence-corrected chi connectivity index (χ3v) is 5.42. The number of rotatable bonds is 5. The van der Waals surface area contributed by atoms with Gasteiger partial charge in [0, 0.05) is 19.0 Å². The van der Waals surface area contributed by atoms with Gasteiger partial charge >= 0.3 is 12.4 Å². The Kier molecular flexibility index (Phi) is 6.98. The van der Waals surface area contributed by atoms with Crippen molar-refractivity contribution in [1.29, 1.82) is 5.26 Å². The maximum Gasteiger partial charge on any atom is 0.416 e. The maximum absolute atomic E-state index is 13.3. The van der Waals surface area contributed by atoms with E-state index in [0.717, 1.165) is 5.56 Å². The average molecular weight is 460 g/mol. The first-order chi connectivity index (χ1) is 15.0. The third kappa shape index (κ3) is 5.91. The van der Waals surface area contributed by atoms with Crippen LogP contribution < -0.4 is 0 Å². The molecule has 2 aromatic carbocycles. The summed E-state index contributed by atoms with van der Waals surface area (Å²) >= 11 is 0. The molecule has 1 saturated heterocycles. The van der Waals surface area contributed by atoms with Crippen LogP contribution in [0.3, 0.4) is 0 Å². The van der Waals surface area contributed by atoms with Gasteiger partial charge in [0.05, 0.1) is 24.3 Å². The van der Waals surface area contributed by atoms with Crippen molar-refractivity contribution in [2.24, 2.45) is 5.92 Å². The number of piperidine rings is 1. The van der Waals surface area contributed by atoms with Crippen molar-refractivity contribution in [1.82, 2.24) is 4.90 Å². The highest BCUT2D eigenvalue weighted by Gasteiger charge is 2.37. The molecule has 1 aliphatic rings. The number of nitrogens with zero attached hydrogens (tertiary/aromatic N) is 2. The maximum atomic E-state index is 13.3. The van der Waals surface area contributed by atoms with Crippen molar-refractivity contribution in [3.63, 3.8) is 0 Å². The average Bonchev–Trinajstić information content (AvgIpc) is 2.73. The van der Waals surface area contributed by atoms with Gasteiger partial charge in [-0.05, 0) is 53.8 Å². The van der Waals surface area contributed by atoms with Crippen molar-refractivity contribution in [2.75, 3.05) is 19.7 Å². The van der Waals surface area contributed by atoms with E-state index in [0.29, 0.717) is 31.6 Å². The zero-order valence-corrected chi connectivity index (χ0v) is 16.7. The smallest absolute Gasteiger partial charge is 0.376 e. The molecular formula is C22H19F7N2O. The lowest BCUT2D eigenvalue weighted by Crippen LogP contribution is -2.38. The molecular weight excluding hydrogens is 441 g/mol. The molecule has 0 aliphatic carbocycles. The number of ether oxygens (including phenoxy) is 1. The lowest BCUT2D eigenvalue weighted by atomic mass is 9.81. The van der Waals surface area contributed by atoms with Crippen LogP contribution in [0.1, 0.15) is 34.6 Å². The summed E-state index contributed by atoms with van der Waals surface area (Å²) in [4.78, 5) is 1.51. The van der Waals surface area contributed by atoms with Crippen LogP contribution in [0.4, 0.5) is 30.7 Å². The van der Waals surface area contributed by atoms with E-state index in [1.807, 2.05) is 6.19 Å². The summed E-state index contributed by atoms with van der Waals surface area (Å²) in [6.07, 6.45) is -7.24. The fourth-order valence-electron chi connectivity index (χ4n) is 3.87. The van der Waals surface area contributed by atoms with Crippen molar-refractivity contribution in [3.05, 3.63) is 70.5 Å². The van der Waals surface area contributed by atoms with Gasteiger partial charge in [-0.15, -0.1) is 0 Å². The molecule has 32 heavy (non-hydrogen) atoms. The Morgan fingerprint density at radius 2 is 1.56 bits per heavy atom. The molecule has 1 fully saturated rings. The van der Waals surface area contributed by atoms with E-state index in [2.05, 4.69) is 0 Å².